The molecule has 5 rings (SSSR count). The average molecular weight is 410 g/mol. The molecule has 0 unspecified atom stereocenters. The van der Waals surface area contributed by atoms with Crippen molar-refractivity contribution >= 4 is 17.2 Å². The number of pyridine rings is 1. The second kappa shape index (κ2) is 7.75. The standard InChI is InChI=1S/C23H15FN6O/c24-18-5-1-4-17(13-18)23(31)26-19-6-2-3-16(14-19)20-7-8-21-27-28-22(30(21)29-20)15-9-11-25-12-10-15/h1-14H,(H,26,31). The quantitative estimate of drug-likeness (QED) is 0.479. The highest BCUT2D eigenvalue weighted by Gasteiger charge is 2.12. The zero-order valence-corrected chi connectivity index (χ0v) is 16.1. The first-order valence-corrected chi connectivity index (χ1v) is 9.47. The molecular formula is C23H15FN6O. The maximum absolute atomic E-state index is 13.4. The van der Waals surface area contributed by atoms with Gasteiger partial charge in [-0.1, -0.05) is 18.2 Å². The summed E-state index contributed by atoms with van der Waals surface area (Å²) in [6.07, 6.45) is 3.37. The van der Waals surface area contributed by atoms with Crippen LogP contribution in [0.25, 0.3) is 28.3 Å². The van der Waals surface area contributed by atoms with Crippen molar-refractivity contribution in [2.75, 3.05) is 5.32 Å². The molecule has 0 atom stereocenters. The van der Waals surface area contributed by atoms with Gasteiger partial charge in [-0.2, -0.15) is 9.61 Å². The van der Waals surface area contributed by atoms with Crippen molar-refractivity contribution in [3.63, 3.8) is 0 Å². The van der Waals surface area contributed by atoms with E-state index in [2.05, 4.69) is 25.6 Å². The zero-order valence-electron chi connectivity index (χ0n) is 16.1. The van der Waals surface area contributed by atoms with E-state index < -0.39 is 5.82 Å². The highest BCUT2D eigenvalue weighted by molar-refractivity contribution is 6.04. The molecule has 1 amide bonds. The monoisotopic (exact) mass is 410 g/mol. The topological polar surface area (TPSA) is 85.1 Å². The lowest BCUT2D eigenvalue weighted by Crippen LogP contribution is -2.12. The SMILES string of the molecule is O=C(Nc1cccc(-c2ccc3nnc(-c4ccncc4)n3n2)c1)c1cccc(F)c1. The van der Waals surface area contributed by atoms with Crippen LogP contribution < -0.4 is 5.32 Å². The van der Waals surface area contributed by atoms with Gasteiger partial charge >= 0.3 is 0 Å². The van der Waals surface area contributed by atoms with Gasteiger partial charge in [0.1, 0.15) is 5.82 Å². The molecule has 0 spiro atoms. The average Bonchev–Trinajstić information content (AvgIpc) is 3.23. The molecule has 1 N–H and O–H groups in total. The minimum absolute atomic E-state index is 0.247. The van der Waals surface area contributed by atoms with E-state index in [9.17, 15) is 9.18 Å². The summed E-state index contributed by atoms with van der Waals surface area (Å²) in [7, 11) is 0. The van der Waals surface area contributed by atoms with Crippen LogP contribution in [0.2, 0.25) is 0 Å². The Morgan fingerprint density at radius 1 is 0.871 bits per heavy atom. The van der Waals surface area contributed by atoms with Crippen LogP contribution in [0.1, 0.15) is 10.4 Å². The summed E-state index contributed by atoms with van der Waals surface area (Å²) in [5, 5.41) is 15.9. The summed E-state index contributed by atoms with van der Waals surface area (Å²) in [5.41, 5.74) is 3.77. The molecule has 0 fully saturated rings. The molecule has 0 aliphatic heterocycles. The van der Waals surface area contributed by atoms with Gasteiger partial charge < -0.3 is 5.32 Å². The van der Waals surface area contributed by atoms with Gasteiger partial charge in [0.25, 0.3) is 5.91 Å². The Labute approximate surface area is 176 Å². The Morgan fingerprint density at radius 2 is 1.71 bits per heavy atom. The Hall–Kier alpha value is -4.46. The van der Waals surface area contributed by atoms with E-state index in [1.807, 2.05) is 42.5 Å². The molecule has 3 aromatic heterocycles. The molecule has 0 radical (unpaired) electrons. The fourth-order valence-corrected chi connectivity index (χ4v) is 3.21. The van der Waals surface area contributed by atoms with Gasteiger partial charge in [0.2, 0.25) is 0 Å². The van der Waals surface area contributed by atoms with Crippen LogP contribution in [0, 0.1) is 5.82 Å². The van der Waals surface area contributed by atoms with Gasteiger partial charge in [0.05, 0.1) is 5.69 Å². The first-order chi connectivity index (χ1) is 15.2. The molecule has 150 valence electrons. The fraction of sp³-hybridized carbons (Fsp3) is 0. The third-order valence-electron chi connectivity index (χ3n) is 4.70. The number of fused-ring (bicyclic) bond motifs is 1. The van der Waals surface area contributed by atoms with Crippen LogP contribution in [0.15, 0.2) is 85.2 Å². The summed E-state index contributed by atoms with van der Waals surface area (Å²) >= 11 is 0. The molecule has 7 nitrogen and oxygen atoms in total. The van der Waals surface area contributed by atoms with Crippen molar-refractivity contribution in [2.24, 2.45) is 0 Å². The van der Waals surface area contributed by atoms with Crippen LogP contribution in [0.5, 0.6) is 0 Å². The summed E-state index contributed by atoms with van der Waals surface area (Å²) in [5.74, 6) is -0.244. The molecule has 0 saturated carbocycles. The van der Waals surface area contributed by atoms with Gasteiger partial charge in [0.15, 0.2) is 11.5 Å². The first kappa shape index (κ1) is 18.6. The predicted octanol–water partition coefficient (Wildman–Crippen LogP) is 4.24. The van der Waals surface area contributed by atoms with Crippen molar-refractivity contribution in [1.29, 1.82) is 0 Å². The van der Waals surface area contributed by atoms with Gasteiger partial charge in [0, 0.05) is 34.8 Å². The first-order valence-electron chi connectivity index (χ1n) is 9.47. The van der Waals surface area contributed by atoms with Gasteiger partial charge in [-0.15, -0.1) is 10.2 Å². The van der Waals surface area contributed by atoms with Crippen molar-refractivity contribution in [3.8, 4) is 22.6 Å². The minimum atomic E-state index is -0.460. The van der Waals surface area contributed by atoms with Crippen molar-refractivity contribution in [1.82, 2.24) is 24.8 Å². The Kier molecular flexibility index (Phi) is 4.64. The number of hydrogen-bond donors (Lipinski definition) is 1. The van der Waals surface area contributed by atoms with Crippen molar-refractivity contribution < 1.29 is 9.18 Å². The summed E-state index contributed by atoms with van der Waals surface area (Å²) in [4.78, 5) is 16.5. The van der Waals surface area contributed by atoms with Crippen LogP contribution in [0.4, 0.5) is 10.1 Å². The number of halogens is 1. The number of nitrogens with zero attached hydrogens (tertiary/aromatic N) is 5. The molecule has 8 heteroatoms. The number of rotatable bonds is 4. The van der Waals surface area contributed by atoms with Crippen LogP contribution >= 0.6 is 0 Å². The Bertz CT molecular complexity index is 1400. The number of aromatic nitrogens is 5. The van der Waals surface area contributed by atoms with Gasteiger partial charge in [-0.25, -0.2) is 4.39 Å². The van der Waals surface area contributed by atoms with E-state index >= 15 is 0 Å². The maximum Gasteiger partial charge on any atom is 0.255 e. The van der Waals surface area contributed by atoms with Crippen molar-refractivity contribution in [3.05, 3.63) is 96.6 Å². The lowest BCUT2D eigenvalue weighted by molar-refractivity contribution is 0.102. The maximum atomic E-state index is 13.4. The second-order valence-electron chi connectivity index (χ2n) is 6.79. The molecule has 0 aliphatic carbocycles. The molecule has 0 aliphatic rings. The number of nitrogens with one attached hydrogen (secondary N) is 1. The number of benzene rings is 2. The molecular weight excluding hydrogens is 395 g/mol. The van der Waals surface area contributed by atoms with E-state index in [1.165, 1.54) is 18.2 Å². The molecule has 31 heavy (non-hydrogen) atoms. The van der Waals surface area contributed by atoms with Crippen LogP contribution in [-0.2, 0) is 0 Å². The number of anilines is 1. The van der Waals surface area contributed by atoms with E-state index in [0.717, 1.165) is 11.1 Å². The summed E-state index contributed by atoms with van der Waals surface area (Å²) in [6.45, 7) is 0. The number of hydrogen-bond acceptors (Lipinski definition) is 5. The highest BCUT2D eigenvalue weighted by Crippen LogP contribution is 2.23. The van der Waals surface area contributed by atoms with Gasteiger partial charge in [-0.05, 0) is 54.6 Å². The lowest BCUT2D eigenvalue weighted by atomic mass is 10.1. The lowest BCUT2D eigenvalue weighted by Gasteiger charge is -2.08. The number of carbonyl (C=O) groups excluding carboxylic acids is 1. The Balaban J connectivity index is 1.47. The van der Waals surface area contributed by atoms with Crippen LogP contribution in [0.3, 0.4) is 0 Å². The van der Waals surface area contributed by atoms with E-state index in [-0.39, 0.29) is 11.5 Å². The van der Waals surface area contributed by atoms with E-state index in [4.69, 9.17) is 0 Å². The molecule has 2 aromatic carbocycles. The summed E-state index contributed by atoms with van der Waals surface area (Å²) < 4.78 is 15.1. The minimum Gasteiger partial charge on any atom is -0.322 e. The zero-order chi connectivity index (χ0) is 21.2. The third kappa shape index (κ3) is 3.74. The molecule has 0 saturated heterocycles. The molecule has 5 aromatic rings. The molecule has 0 bridgehead atoms. The largest absolute Gasteiger partial charge is 0.322 e. The fourth-order valence-electron chi connectivity index (χ4n) is 3.21. The smallest absolute Gasteiger partial charge is 0.255 e. The van der Waals surface area contributed by atoms with Gasteiger partial charge in [-0.3, -0.25) is 9.78 Å². The Morgan fingerprint density at radius 3 is 2.55 bits per heavy atom. The summed E-state index contributed by atoms with van der Waals surface area (Å²) in [6, 6.07) is 20.2. The number of carbonyl (C=O) groups is 1. The highest BCUT2D eigenvalue weighted by atomic mass is 19.1. The van der Waals surface area contributed by atoms with E-state index in [1.54, 1.807) is 29.0 Å². The number of amides is 1. The van der Waals surface area contributed by atoms with Crippen LogP contribution in [-0.4, -0.2) is 30.7 Å². The second-order valence-corrected chi connectivity index (χ2v) is 6.79. The normalized spacial score (nSPS) is 10.9. The molecule has 3 heterocycles. The van der Waals surface area contributed by atoms with E-state index in [0.29, 0.717) is 22.9 Å². The predicted molar refractivity (Wildman–Crippen MR) is 114 cm³/mol. The van der Waals surface area contributed by atoms with Crippen molar-refractivity contribution in [2.45, 2.75) is 0 Å². The third-order valence-corrected chi connectivity index (χ3v) is 4.70.